The van der Waals surface area contributed by atoms with Crippen LogP contribution in [0.15, 0.2) is 54.6 Å². The van der Waals surface area contributed by atoms with Gasteiger partial charge in [0.2, 0.25) is 11.0 Å². The van der Waals surface area contributed by atoms with Crippen LogP contribution in [0.25, 0.3) is 21.4 Å². The van der Waals surface area contributed by atoms with Gasteiger partial charge in [0, 0.05) is 12.1 Å². The molecule has 0 spiro atoms. The summed E-state index contributed by atoms with van der Waals surface area (Å²) >= 11 is 1.49. The van der Waals surface area contributed by atoms with E-state index in [4.69, 9.17) is 4.74 Å². The molecule has 0 saturated heterocycles. The topological polar surface area (TPSA) is 69.0 Å². The van der Waals surface area contributed by atoms with Crippen molar-refractivity contribution in [1.82, 2.24) is 14.8 Å². The molecule has 0 bridgehead atoms. The molecule has 146 valence electrons. The Bertz CT molecular complexity index is 1210. The fourth-order valence-electron chi connectivity index (χ4n) is 2.86. The van der Waals surface area contributed by atoms with Gasteiger partial charge < -0.3 is 10.1 Å². The minimum Gasteiger partial charge on any atom is -0.497 e. The van der Waals surface area contributed by atoms with E-state index in [1.54, 1.807) is 17.9 Å². The molecule has 0 saturated carbocycles. The number of benzene rings is 2. The van der Waals surface area contributed by atoms with Gasteiger partial charge in [0.15, 0.2) is 0 Å². The molecule has 6 nitrogen and oxygen atoms in total. The number of thiazole rings is 1. The molecule has 0 radical (unpaired) electrons. The number of aromatic nitrogens is 3. The Morgan fingerprint density at radius 3 is 2.69 bits per heavy atom. The molecule has 0 atom stereocenters. The number of methoxy groups -OCH3 is 1. The number of nitrogens with zero attached hydrogens (tertiary/aromatic N) is 3. The lowest BCUT2D eigenvalue weighted by molar-refractivity contribution is -0.111. The molecule has 0 aliphatic heterocycles. The van der Waals surface area contributed by atoms with Crippen LogP contribution in [0.1, 0.15) is 16.8 Å². The minimum absolute atomic E-state index is 0.227. The van der Waals surface area contributed by atoms with Crippen molar-refractivity contribution in [2.24, 2.45) is 0 Å². The summed E-state index contributed by atoms with van der Waals surface area (Å²) in [6.45, 7) is 3.91. The summed E-state index contributed by atoms with van der Waals surface area (Å²) in [5, 5.41) is 8.07. The van der Waals surface area contributed by atoms with Gasteiger partial charge >= 0.3 is 0 Å². The lowest BCUT2D eigenvalue weighted by Crippen LogP contribution is -2.12. The third-order valence-electron chi connectivity index (χ3n) is 4.35. The third-order valence-corrected chi connectivity index (χ3v) is 5.35. The molecule has 1 N–H and O–H groups in total. The van der Waals surface area contributed by atoms with Crippen molar-refractivity contribution in [2.75, 3.05) is 12.4 Å². The highest BCUT2D eigenvalue weighted by molar-refractivity contribution is 7.20. The maximum atomic E-state index is 12.4. The summed E-state index contributed by atoms with van der Waals surface area (Å²) < 4.78 is 7.93. The van der Waals surface area contributed by atoms with Crippen molar-refractivity contribution in [3.05, 3.63) is 71.4 Å². The molecular formula is C22H20N4O2S. The van der Waals surface area contributed by atoms with Gasteiger partial charge in [-0.15, -0.1) is 0 Å². The van der Waals surface area contributed by atoms with Crippen LogP contribution in [0.3, 0.4) is 0 Å². The first-order chi connectivity index (χ1) is 14.0. The number of carbonyl (C=O) groups excluding carboxylic acids is 1. The Morgan fingerprint density at radius 2 is 1.93 bits per heavy atom. The molecule has 29 heavy (non-hydrogen) atoms. The van der Waals surface area contributed by atoms with Crippen molar-refractivity contribution >= 4 is 39.4 Å². The molecule has 2 aromatic carbocycles. The quantitative estimate of drug-likeness (QED) is 0.487. The van der Waals surface area contributed by atoms with E-state index in [2.05, 4.69) is 15.4 Å². The van der Waals surface area contributed by atoms with E-state index < -0.39 is 0 Å². The number of hydrogen-bond donors (Lipinski definition) is 1. The Kier molecular flexibility index (Phi) is 5.14. The van der Waals surface area contributed by atoms with Crippen molar-refractivity contribution in [3.8, 4) is 10.9 Å². The molecule has 0 fully saturated rings. The van der Waals surface area contributed by atoms with Gasteiger partial charge in [-0.3, -0.25) is 4.79 Å². The van der Waals surface area contributed by atoms with Gasteiger partial charge in [-0.1, -0.05) is 41.2 Å². The number of fused-ring (bicyclic) bond motifs is 1. The van der Waals surface area contributed by atoms with Crippen molar-refractivity contribution in [1.29, 1.82) is 0 Å². The number of hydrogen-bond acceptors (Lipinski definition) is 5. The van der Waals surface area contributed by atoms with E-state index >= 15 is 0 Å². The van der Waals surface area contributed by atoms with Crippen LogP contribution in [-0.4, -0.2) is 27.8 Å². The molecule has 0 aliphatic rings. The summed E-state index contributed by atoms with van der Waals surface area (Å²) in [7, 11) is 1.64. The largest absolute Gasteiger partial charge is 0.497 e. The maximum Gasteiger partial charge on any atom is 0.249 e. The highest BCUT2D eigenvalue weighted by atomic mass is 32.1. The number of carbonyl (C=O) groups is 1. The number of rotatable bonds is 5. The second-order valence-corrected chi connectivity index (χ2v) is 7.66. The molecule has 1 amide bonds. The zero-order valence-electron chi connectivity index (χ0n) is 16.3. The monoisotopic (exact) mass is 404 g/mol. The third kappa shape index (κ3) is 4.20. The maximum absolute atomic E-state index is 12.4. The van der Waals surface area contributed by atoms with E-state index in [0.29, 0.717) is 10.9 Å². The molecular weight excluding hydrogens is 384 g/mol. The molecule has 4 rings (SSSR count). The van der Waals surface area contributed by atoms with Gasteiger partial charge in [0.05, 0.1) is 23.0 Å². The van der Waals surface area contributed by atoms with Gasteiger partial charge in [0.25, 0.3) is 0 Å². The van der Waals surface area contributed by atoms with Crippen molar-refractivity contribution < 1.29 is 9.53 Å². The lowest BCUT2D eigenvalue weighted by atomic mass is 10.1. The van der Waals surface area contributed by atoms with Crippen LogP contribution in [0.4, 0.5) is 5.82 Å². The van der Waals surface area contributed by atoms with Crippen LogP contribution < -0.4 is 10.1 Å². The van der Waals surface area contributed by atoms with E-state index in [0.717, 1.165) is 27.2 Å². The molecule has 0 unspecified atom stereocenters. The zero-order valence-corrected chi connectivity index (χ0v) is 17.2. The Hall–Kier alpha value is -3.45. The lowest BCUT2D eigenvalue weighted by Gasteiger charge is -2.04. The summed E-state index contributed by atoms with van der Waals surface area (Å²) in [4.78, 5) is 17.1. The fourth-order valence-corrected chi connectivity index (χ4v) is 3.82. The normalized spacial score (nSPS) is 11.3. The first-order valence-corrected chi connectivity index (χ1v) is 9.91. The van der Waals surface area contributed by atoms with E-state index in [9.17, 15) is 4.79 Å². The van der Waals surface area contributed by atoms with E-state index in [1.807, 2.05) is 62.4 Å². The van der Waals surface area contributed by atoms with Crippen LogP contribution >= 0.6 is 11.3 Å². The summed E-state index contributed by atoms with van der Waals surface area (Å²) in [5.74, 6) is 1.13. The Morgan fingerprint density at radius 1 is 1.14 bits per heavy atom. The number of amides is 1. The molecule has 2 aromatic heterocycles. The number of nitrogens with one attached hydrogen (secondary N) is 1. The minimum atomic E-state index is -0.227. The Balaban J connectivity index is 1.58. The summed E-state index contributed by atoms with van der Waals surface area (Å²) in [5.41, 5.74) is 3.80. The fraction of sp³-hybridized carbons (Fsp3) is 0.136. The van der Waals surface area contributed by atoms with Crippen LogP contribution in [0.5, 0.6) is 5.75 Å². The second-order valence-electron chi connectivity index (χ2n) is 6.65. The first-order valence-electron chi connectivity index (χ1n) is 9.09. The summed E-state index contributed by atoms with van der Waals surface area (Å²) in [6, 6.07) is 15.5. The van der Waals surface area contributed by atoms with Crippen molar-refractivity contribution in [2.45, 2.75) is 13.8 Å². The molecule has 7 heteroatoms. The first kappa shape index (κ1) is 18.9. The average molecular weight is 404 g/mol. The predicted molar refractivity (Wildman–Crippen MR) is 117 cm³/mol. The van der Waals surface area contributed by atoms with Gasteiger partial charge in [-0.2, -0.15) is 9.78 Å². The highest BCUT2D eigenvalue weighted by Gasteiger charge is 2.14. The van der Waals surface area contributed by atoms with Gasteiger partial charge in [0.1, 0.15) is 11.6 Å². The van der Waals surface area contributed by atoms with Crippen molar-refractivity contribution in [3.63, 3.8) is 0 Å². The number of anilines is 1. The number of aryl methyl sites for hydroxylation is 2. The molecule has 2 heterocycles. The highest BCUT2D eigenvalue weighted by Crippen LogP contribution is 2.30. The second kappa shape index (κ2) is 7.89. The standard InChI is InChI=1S/C22H20N4O2S/c1-14-4-6-16(7-5-14)8-11-21(27)24-20-12-15(2)25-26(20)22-23-18-10-9-17(28-3)13-19(18)29-22/h4-13H,1-3H3,(H,24,27)/b11-8+. The summed E-state index contributed by atoms with van der Waals surface area (Å²) in [6.07, 6.45) is 3.30. The SMILES string of the molecule is COc1ccc2nc(-n3nc(C)cc3NC(=O)/C=C/c3ccc(C)cc3)sc2c1. The Labute approximate surface area is 172 Å². The van der Waals surface area contributed by atoms with Gasteiger partial charge in [-0.25, -0.2) is 4.98 Å². The van der Waals surface area contributed by atoms with Crippen LogP contribution in [-0.2, 0) is 4.79 Å². The zero-order chi connectivity index (χ0) is 20.4. The van der Waals surface area contributed by atoms with Crippen LogP contribution in [0, 0.1) is 13.8 Å². The predicted octanol–water partition coefficient (Wildman–Crippen LogP) is 4.76. The van der Waals surface area contributed by atoms with E-state index in [-0.39, 0.29) is 5.91 Å². The smallest absolute Gasteiger partial charge is 0.249 e. The average Bonchev–Trinajstić information content (AvgIpc) is 3.29. The molecule has 0 aliphatic carbocycles. The number of ether oxygens (including phenoxy) is 1. The molecule has 4 aromatic rings. The van der Waals surface area contributed by atoms with Gasteiger partial charge in [-0.05, 0) is 43.7 Å². The van der Waals surface area contributed by atoms with E-state index in [1.165, 1.54) is 23.0 Å². The van der Waals surface area contributed by atoms with Crippen LogP contribution in [0.2, 0.25) is 0 Å².